The van der Waals surface area contributed by atoms with Crippen LogP contribution in [0.5, 0.6) is 0 Å². The maximum absolute atomic E-state index is 12.4. The number of nitrogens with zero attached hydrogens (tertiary/aromatic N) is 1. The number of alkyl halides is 6. The molecule has 10 heteroatoms. The van der Waals surface area contributed by atoms with Crippen molar-refractivity contribution in [1.82, 2.24) is 4.90 Å². The smallest absolute Gasteiger partial charge is 0.426 e. The molecule has 0 fully saturated rings. The summed E-state index contributed by atoms with van der Waals surface area (Å²) in [6.45, 7) is -0.222. The zero-order chi connectivity index (χ0) is 16.7. The summed E-state index contributed by atoms with van der Waals surface area (Å²) in [7, 11) is 0. The van der Waals surface area contributed by atoms with Gasteiger partial charge in [0.1, 0.15) is 0 Å². The highest BCUT2D eigenvalue weighted by Gasteiger charge is 2.60. The minimum Gasteiger partial charge on any atom is -0.426 e. The van der Waals surface area contributed by atoms with Gasteiger partial charge in [-0.15, -0.1) is 0 Å². The molecule has 122 valence electrons. The second-order valence-electron chi connectivity index (χ2n) is 4.62. The Bertz CT molecular complexity index is 572. The highest BCUT2D eigenvalue weighted by atomic mass is 79.9. The van der Waals surface area contributed by atoms with Crippen molar-refractivity contribution in [2.45, 2.75) is 31.5 Å². The normalized spacial score (nSPS) is 15.2. The Kier molecular flexibility index (Phi) is 4.33. The molecular weight excluding hydrogens is 384 g/mol. The third-order valence-corrected chi connectivity index (χ3v) is 3.46. The van der Waals surface area contributed by atoms with Crippen LogP contribution in [0.1, 0.15) is 11.1 Å². The summed E-state index contributed by atoms with van der Waals surface area (Å²) in [5.74, 6) is 0. The molecule has 0 aliphatic carbocycles. The van der Waals surface area contributed by atoms with Gasteiger partial charge in [-0.1, -0.05) is 22.0 Å². The van der Waals surface area contributed by atoms with E-state index in [9.17, 15) is 31.1 Å². The van der Waals surface area contributed by atoms with Gasteiger partial charge in [-0.25, -0.2) is 4.79 Å². The predicted octanol–water partition coefficient (Wildman–Crippen LogP) is 4.39. The maximum Gasteiger partial charge on any atom is 0.434 e. The SMILES string of the molecule is O=C(OC(C(F)(F)F)C(F)(F)F)N1Cc2ccc(Br)cc2C1. The molecule has 0 atom stereocenters. The fourth-order valence-electron chi connectivity index (χ4n) is 1.99. The van der Waals surface area contributed by atoms with E-state index in [1.54, 1.807) is 18.2 Å². The standard InChI is InChI=1S/C12H8BrF6NO2/c13-8-2-1-6-4-20(5-7(6)3-8)10(21)22-9(11(14,15)16)12(17,18)19/h1-3,9H,4-5H2. The molecule has 0 spiro atoms. The molecule has 1 aromatic rings. The third kappa shape index (κ3) is 3.65. The van der Waals surface area contributed by atoms with Crippen molar-refractivity contribution < 1.29 is 35.9 Å². The summed E-state index contributed by atoms with van der Waals surface area (Å²) in [6.07, 6.45) is -17.2. The average molecular weight is 392 g/mol. The zero-order valence-corrected chi connectivity index (χ0v) is 12.2. The number of ether oxygens (including phenoxy) is 1. The topological polar surface area (TPSA) is 29.5 Å². The lowest BCUT2D eigenvalue weighted by Crippen LogP contribution is -2.47. The van der Waals surface area contributed by atoms with Gasteiger partial charge in [0, 0.05) is 17.6 Å². The molecule has 1 aromatic carbocycles. The number of rotatable bonds is 1. The number of halogens is 7. The van der Waals surface area contributed by atoms with Crippen LogP contribution in [0.3, 0.4) is 0 Å². The summed E-state index contributed by atoms with van der Waals surface area (Å²) >= 11 is 3.18. The van der Waals surface area contributed by atoms with E-state index in [0.717, 1.165) is 4.90 Å². The lowest BCUT2D eigenvalue weighted by Gasteiger charge is -2.25. The molecule has 1 heterocycles. The van der Waals surface area contributed by atoms with Crippen LogP contribution in [-0.2, 0) is 17.8 Å². The molecule has 0 unspecified atom stereocenters. The second-order valence-corrected chi connectivity index (χ2v) is 5.53. The van der Waals surface area contributed by atoms with Crippen LogP contribution in [0.2, 0.25) is 0 Å². The Morgan fingerprint density at radius 3 is 2.18 bits per heavy atom. The molecule has 0 radical (unpaired) electrons. The van der Waals surface area contributed by atoms with Gasteiger partial charge in [0.2, 0.25) is 0 Å². The van der Waals surface area contributed by atoms with Crippen LogP contribution in [0.25, 0.3) is 0 Å². The summed E-state index contributed by atoms with van der Waals surface area (Å²) in [5, 5.41) is 0. The highest BCUT2D eigenvalue weighted by Crippen LogP contribution is 2.36. The number of benzene rings is 1. The molecule has 0 saturated heterocycles. The van der Waals surface area contributed by atoms with Crippen LogP contribution in [0, 0.1) is 0 Å². The van der Waals surface area contributed by atoms with Crippen LogP contribution in [0.4, 0.5) is 31.1 Å². The minimum atomic E-state index is -5.72. The largest absolute Gasteiger partial charge is 0.434 e. The first-order valence-electron chi connectivity index (χ1n) is 5.85. The van der Waals surface area contributed by atoms with Gasteiger partial charge in [0.25, 0.3) is 6.10 Å². The summed E-state index contributed by atoms with van der Waals surface area (Å²) in [4.78, 5) is 12.4. The molecule has 0 aromatic heterocycles. The van der Waals surface area contributed by atoms with Crippen molar-refractivity contribution in [2.24, 2.45) is 0 Å². The van der Waals surface area contributed by atoms with Crippen molar-refractivity contribution in [3.8, 4) is 0 Å². The fraction of sp³-hybridized carbons (Fsp3) is 0.417. The average Bonchev–Trinajstić information content (AvgIpc) is 2.75. The van der Waals surface area contributed by atoms with Gasteiger partial charge in [0.05, 0.1) is 0 Å². The van der Waals surface area contributed by atoms with Crippen LogP contribution >= 0.6 is 15.9 Å². The Morgan fingerprint density at radius 1 is 1.09 bits per heavy atom. The molecule has 0 bridgehead atoms. The Balaban J connectivity index is 2.10. The summed E-state index contributed by atoms with van der Waals surface area (Å²) in [5.41, 5.74) is 1.26. The number of hydrogen-bond acceptors (Lipinski definition) is 2. The van der Waals surface area contributed by atoms with Crippen molar-refractivity contribution in [3.05, 3.63) is 33.8 Å². The zero-order valence-electron chi connectivity index (χ0n) is 10.6. The first-order chi connectivity index (χ1) is 9.98. The first-order valence-corrected chi connectivity index (χ1v) is 6.64. The molecule has 2 rings (SSSR count). The van der Waals surface area contributed by atoms with E-state index in [0.29, 0.717) is 15.6 Å². The van der Waals surface area contributed by atoms with Gasteiger partial charge < -0.3 is 4.74 Å². The van der Waals surface area contributed by atoms with E-state index in [1.165, 1.54) is 0 Å². The summed E-state index contributed by atoms with van der Waals surface area (Å²) in [6, 6.07) is 4.91. The number of hydrogen-bond donors (Lipinski definition) is 0. The fourth-order valence-corrected chi connectivity index (χ4v) is 2.40. The molecule has 3 nitrogen and oxygen atoms in total. The van der Waals surface area contributed by atoms with E-state index < -0.39 is 24.5 Å². The van der Waals surface area contributed by atoms with Crippen LogP contribution in [0.15, 0.2) is 22.7 Å². The molecule has 1 amide bonds. The molecule has 1 aliphatic rings. The van der Waals surface area contributed by atoms with E-state index in [1.807, 2.05) is 0 Å². The molecular formula is C12H8BrF6NO2. The Labute approximate surface area is 129 Å². The first kappa shape index (κ1) is 16.9. The van der Waals surface area contributed by atoms with Crippen molar-refractivity contribution in [2.75, 3.05) is 0 Å². The van der Waals surface area contributed by atoms with E-state index in [4.69, 9.17) is 0 Å². The van der Waals surface area contributed by atoms with Crippen molar-refractivity contribution >= 4 is 22.0 Å². The number of carbonyl (C=O) groups is 1. The molecule has 0 saturated carbocycles. The van der Waals surface area contributed by atoms with E-state index >= 15 is 0 Å². The number of amides is 1. The molecule has 0 N–H and O–H groups in total. The number of carbonyl (C=O) groups excluding carboxylic acids is 1. The monoisotopic (exact) mass is 391 g/mol. The quantitative estimate of drug-likeness (QED) is 0.664. The van der Waals surface area contributed by atoms with Gasteiger partial charge in [0.15, 0.2) is 0 Å². The Hall–Kier alpha value is -1.45. The van der Waals surface area contributed by atoms with Crippen molar-refractivity contribution in [1.29, 1.82) is 0 Å². The third-order valence-electron chi connectivity index (χ3n) is 2.96. The number of fused-ring (bicyclic) bond motifs is 1. The van der Waals surface area contributed by atoms with Crippen LogP contribution < -0.4 is 0 Å². The Morgan fingerprint density at radius 2 is 1.64 bits per heavy atom. The predicted molar refractivity (Wildman–Crippen MR) is 65.8 cm³/mol. The molecule has 22 heavy (non-hydrogen) atoms. The lowest BCUT2D eigenvalue weighted by atomic mass is 10.1. The van der Waals surface area contributed by atoms with Gasteiger partial charge in [-0.3, -0.25) is 4.90 Å². The van der Waals surface area contributed by atoms with E-state index in [-0.39, 0.29) is 13.1 Å². The minimum absolute atomic E-state index is 0.107. The van der Waals surface area contributed by atoms with Gasteiger partial charge >= 0.3 is 18.4 Å². The van der Waals surface area contributed by atoms with Crippen LogP contribution in [-0.4, -0.2) is 29.4 Å². The van der Waals surface area contributed by atoms with Gasteiger partial charge in [-0.05, 0) is 23.3 Å². The second kappa shape index (κ2) is 5.64. The highest BCUT2D eigenvalue weighted by molar-refractivity contribution is 9.10. The lowest BCUT2D eigenvalue weighted by molar-refractivity contribution is -0.308. The van der Waals surface area contributed by atoms with Crippen molar-refractivity contribution in [3.63, 3.8) is 0 Å². The molecule has 1 aliphatic heterocycles. The maximum atomic E-state index is 12.4. The van der Waals surface area contributed by atoms with Gasteiger partial charge in [-0.2, -0.15) is 26.3 Å². The summed E-state index contributed by atoms with van der Waals surface area (Å²) < 4.78 is 78.5. The van der Waals surface area contributed by atoms with E-state index in [2.05, 4.69) is 20.7 Å².